The number of aromatic nitrogens is 1. The lowest BCUT2D eigenvalue weighted by molar-refractivity contribution is 0.0992. The number of nitrogens with two attached hydrogens (primary N) is 1. The smallest absolute Gasteiger partial charge is 0.291 e. The Morgan fingerprint density at radius 1 is 1.19 bits per heavy atom. The van der Waals surface area contributed by atoms with Gasteiger partial charge in [0.2, 0.25) is 0 Å². The summed E-state index contributed by atoms with van der Waals surface area (Å²) in [6.07, 6.45) is -1.09. The van der Waals surface area contributed by atoms with Gasteiger partial charge in [-0.05, 0) is 66.1 Å². The van der Waals surface area contributed by atoms with Crippen molar-refractivity contribution in [1.82, 2.24) is 4.98 Å². The van der Waals surface area contributed by atoms with Gasteiger partial charge in [-0.1, -0.05) is 26.0 Å². The van der Waals surface area contributed by atoms with Crippen molar-refractivity contribution in [2.45, 2.75) is 51.6 Å². The summed E-state index contributed by atoms with van der Waals surface area (Å²) in [6.45, 7) is 4.34. The van der Waals surface area contributed by atoms with Crippen molar-refractivity contribution in [2.75, 3.05) is 5.32 Å². The number of anilines is 1. The van der Waals surface area contributed by atoms with Crippen LogP contribution in [0.3, 0.4) is 0 Å². The Morgan fingerprint density at radius 3 is 2.54 bits per heavy atom. The highest BCUT2D eigenvalue weighted by Gasteiger charge is 2.32. The minimum Gasteiger partial charge on any atom is -0.486 e. The Labute approximate surface area is 215 Å². The van der Waals surface area contributed by atoms with Crippen LogP contribution in [0.5, 0.6) is 5.75 Å². The maximum absolute atomic E-state index is 13.4. The van der Waals surface area contributed by atoms with Gasteiger partial charge in [0.1, 0.15) is 33.5 Å². The van der Waals surface area contributed by atoms with Crippen LogP contribution in [-0.2, 0) is 6.61 Å². The zero-order valence-corrected chi connectivity index (χ0v) is 21.0. The molecule has 5 rings (SSSR count). The first kappa shape index (κ1) is 24.9. The number of fused-ring (bicyclic) bond motifs is 1. The average Bonchev–Trinajstić information content (AvgIpc) is 3.49. The van der Waals surface area contributed by atoms with E-state index < -0.39 is 18.2 Å². The zero-order valence-electron chi connectivity index (χ0n) is 20.2. The van der Waals surface area contributed by atoms with Crippen molar-refractivity contribution in [2.24, 2.45) is 5.73 Å². The number of furan rings is 1. The van der Waals surface area contributed by atoms with Gasteiger partial charge in [0.05, 0.1) is 5.69 Å². The minimum absolute atomic E-state index is 0.00802. The van der Waals surface area contributed by atoms with Crippen molar-refractivity contribution >= 4 is 39.1 Å². The van der Waals surface area contributed by atoms with Crippen LogP contribution in [0.1, 0.15) is 87.8 Å². The predicted octanol–water partition coefficient (Wildman–Crippen LogP) is 6.76. The molecule has 0 unspecified atom stereocenters. The number of hydrogen-bond donors (Lipinski definition) is 2. The van der Waals surface area contributed by atoms with E-state index in [-0.39, 0.29) is 39.4 Å². The van der Waals surface area contributed by atoms with Gasteiger partial charge in [-0.25, -0.2) is 13.8 Å². The van der Waals surface area contributed by atoms with E-state index in [1.54, 1.807) is 6.07 Å². The second kappa shape index (κ2) is 9.93. The van der Waals surface area contributed by atoms with Gasteiger partial charge >= 0.3 is 0 Å². The molecule has 1 aliphatic carbocycles. The highest BCUT2D eigenvalue weighted by molar-refractivity contribution is 7.21. The van der Waals surface area contributed by atoms with E-state index >= 15 is 0 Å². The number of halogens is 2. The number of hydrogen-bond acceptors (Lipinski definition) is 6. The number of nitrogens with zero attached hydrogens (tertiary/aromatic N) is 1. The first-order valence-corrected chi connectivity index (χ1v) is 12.7. The second-order valence-corrected chi connectivity index (χ2v) is 10.3. The van der Waals surface area contributed by atoms with Crippen molar-refractivity contribution in [3.8, 4) is 5.75 Å². The molecule has 2 amide bonds. The van der Waals surface area contributed by atoms with Crippen molar-refractivity contribution in [3.05, 3.63) is 75.7 Å². The molecule has 0 aliphatic heterocycles. The number of nitrogens with one attached hydrogen (secondary N) is 1. The predicted molar refractivity (Wildman–Crippen MR) is 137 cm³/mol. The van der Waals surface area contributed by atoms with E-state index in [0.29, 0.717) is 28.4 Å². The van der Waals surface area contributed by atoms with Crippen LogP contribution in [-0.4, -0.2) is 16.8 Å². The number of alkyl halides is 2. The van der Waals surface area contributed by atoms with Crippen LogP contribution in [0.25, 0.3) is 10.2 Å². The topological polar surface area (TPSA) is 107 Å². The monoisotopic (exact) mass is 525 g/mol. The Morgan fingerprint density at radius 2 is 1.92 bits per heavy atom. The fourth-order valence-corrected chi connectivity index (χ4v) is 5.15. The van der Waals surface area contributed by atoms with Gasteiger partial charge in [0.15, 0.2) is 5.76 Å². The lowest BCUT2D eigenvalue weighted by Gasteiger charge is -2.09. The molecule has 3 N–H and O–H groups in total. The van der Waals surface area contributed by atoms with E-state index in [9.17, 15) is 18.4 Å². The second-order valence-electron chi connectivity index (χ2n) is 9.29. The lowest BCUT2D eigenvalue weighted by Crippen LogP contribution is -2.16. The minimum atomic E-state index is -2.75. The van der Waals surface area contributed by atoms with Crippen LogP contribution in [0.2, 0.25) is 0 Å². The maximum Gasteiger partial charge on any atom is 0.291 e. The quantitative estimate of drug-likeness (QED) is 0.251. The molecule has 192 valence electrons. The molecule has 3 heterocycles. The number of pyridine rings is 1. The summed E-state index contributed by atoms with van der Waals surface area (Å²) in [6, 6.07) is 12.2. The third kappa shape index (κ3) is 5.20. The summed E-state index contributed by atoms with van der Waals surface area (Å²) in [7, 11) is 0. The molecule has 0 saturated heterocycles. The van der Waals surface area contributed by atoms with Gasteiger partial charge in [-0.3, -0.25) is 9.59 Å². The maximum atomic E-state index is 13.4. The molecule has 1 saturated carbocycles. The van der Waals surface area contributed by atoms with Crippen LogP contribution in [0, 0.1) is 0 Å². The fourth-order valence-electron chi connectivity index (χ4n) is 4.12. The fraction of sp³-hybridized carbons (Fsp3) is 0.296. The van der Waals surface area contributed by atoms with E-state index in [1.165, 1.54) is 17.7 Å². The summed E-state index contributed by atoms with van der Waals surface area (Å²) < 4.78 is 38.3. The molecule has 37 heavy (non-hydrogen) atoms. The number of primary amides is 1. The summed E-state index contributed by atoms with van der Waals surface area (Å²) in [4.78, 5) is 29.5. The molecule has 10 heteroatoms. The van der Waals surface area contributed by atoms with Crippen molar-refractivity contribution in [1.29, 1.82) is 0 Å². The molecular weight excluding hydrogens is 500 g/mol. The highest BCUT2D eigenvalue weighted by Crippen LogP contribution is 2.48. The summed E-state index contributed by atoms with van der Waals surface area (Å²) in [5.41, 5.74) is 7.21. The molecular formula is C27H25F2N3O4S. The van der Waals surface area contributed by atoms with E-state index in [0.717, 1.165) is 24.2 Å². The van der Waals surface area contributed by atoms with Crippen LogP contribution < -0.4 is 15.8 Å². The van der Waals surface area contributed by atoms with Gasteiger partial charge in [-0.2, -0.15) is 0 Å². The SMILES string of the molecule is CC(C)c1ccc(OCc2ccc(C(=O)Nc3c(C(N)=O)sc4nc(C(F)F)cc(C5CC5)c34)o2)cc1. The standard InChI is InChI=1S/C27H25F2N3O4S/c1-13(2)14-5-7-16(8-6-14)35-12-17-9-10-20(36-17)26(34)32-22-21-18(15-3-4-15)11-19(24(28)29)31-27(21)37-23(22)25(30)33/h5-11,13,15,24H,3-4,12H2,1-2H3,(H2,30,33)(H,32,34). The van der Waals surface area contributed by atoms with E-state index in [2.05, 4.69) is 24.1 Å². The summed E-state index contributed by atoms with van der Waals surface area (Å²) >= 11 is 0.889. The molecule has 0 radical (unpaired) electrons. The number of ether oxygens (including phenoxy) is 1. The van der Waals surface area contributed by atoms with Gasteiger partial charge in [-0.15, -0.1) is 11.3 Å². The largest absolute Gasteiger partial charge is 0.486 e. The van der Waals surface area contributed by atoms with E-state index in [1.807, 2.05) is 24.3 Å². The molecule has 0 spiro atoms. The van der Waals surface area contributed by atoms with E-state index in [4.69, 9.17) is 14.9 Å². The summed E-state index contributed by atoms with van der Waals surface area (Å²) in [5.74, 6) is 0.212. The van der Waals surface area contributed by atoms with Crippen LogP contribution >= 0.6 is 11.3 Å². The Hall–Kier alpha value is -3.79. The average molecular weight is 526 g/mol. The van der Waals surface area contributed by atoms with Crippen molar-refractivity contribution < 1.29 is 27.5 Å². The van der Waals surface area contributed by atoms with Crippen LogP contribution in [0.15, 0.2) is 46.9 Å². The lowest BCUT2D eigenvalue weighted by atomic mass is 10.0. The van der Waals surface area contributed by atoms with Crippen molar-refractivity contribution in [3.63, 3.8) is 0 Å². The molecule has 0 atom stereocenters. The molecule has 7 nitrogen and oxygen atoms in total. The van der Waals surface area contributed by atoms with Gasteiger partial charge in [0.25, 0.3) is 18.2 Å². The highest BCUT2D eigenvalue weighted by atomic mass is 32.1. The molecule has 0 bridgehead atoms. The Bertz CT molecular complexity index is 1470. The number of benzene rings is 1. The van der Waals surface area contributed by atoms with Gasteiger partial charge < -0.3 is 20.2 Å². The number of thiophene rings is 1. The molecule has 3 aromatic heterocycles. The van der Waals surface area contributed by atoms with Gasteiger partial charge in [0, 0.05) is 5.39 Å². The Kier molecular flexibility index (Phi) is 6.68. The number of carbonyl (C=O) groups excluding carboxylic acids is 2. The number of carbonyl (C=O) groups is 2. The first-order valence-electron chi connectivity index (χ1n) is 11.9. The molecule has 1 aliphatic rings. The zero-order chi connectivity index (χ0) is 26.3. The molecule has 1 aromatic carbocycles. The number of rotatable bonds is 9. The van der Waals surface area contributed by atoms with Crippen LogP contribution in [0.4, 0.5) is 14.5 Å². The Balaban J connectivity index is 1.37. The third-order valence-corrected chi connectivity index (χ3v) is 7.33. The normalized spacial score (nSPS) is 13.5. The molecule has 4 aromatic rings. The summed E-state index contributed by atoms with van der Waals surface area (Å²) in [5, 5.41) is 3.19. The molecule has 1 fully saturated rings. The third-order valence-electron chi connectivity index (χ3n) is 6.23. The first-order chi connectivity index (χ1) is 17.7. The number of amides is 2.